The van der Waals surface area contributed by atoms with Gasteiger partial charge in [-0.25, -0.2) is 14.8 Å². The van der Waals surface area contributed by atoms with Crippen LogP contribution in [-0.2, 0) is 15.9 Å². The summed E-state index contributed by atoms with van der Waals surface area (Å²) >= 11 is 0. The zero-order valence-electron chi connectivity index (χ0n) is 25.5. The number of methoxy groups -OCH3 is 1. The van der Waals surface area contributed by atoms with Crippen molar-refractivity contribution in [1.82, 2.24) is 30.0 Å². The zero-order valence-corrected chi connectivity index (χ0v) is 25.5. The molecule has 0 unspecified atom stereocenters. The lowest BCUT2D eigenvalue weighted by Crippen LogP contribution is -2.41. The van der Waals surface area contributed by atoms with Crippen molar-refractivity contribution in [3.8, 4) is 17.0 Å². The highest BCUT2D eigenvalue weighted by atomic mass is 16.7. The Hall–Kier alpha value is -4.25. The first-order valence-electron chi connectivity index (χ1n) is 14.9. The summed E-state index contributed by atoms with van der Waals surface area (Å²) in [4.78, 5) is 29.6. The summed E-state index contributed by atoms with van der Waals surface area (Å²) < 4.78 is 16.4. The Balaban J connectivity index is 1.18. The molecule has 226 valence electrons. The molecule has 0 saturated carbocycles. The molecule has 2 aliphatic rings. The van der Waals surface area contributed by atoms with Gasteiger partial charge in [0.15, 0.2) is 12.4 Å². The number of nitrogens with zero attached hydrogens (tertiary/aromatic N) is 6. The van der Waals surface area contributed by atoms with Crippen LogP contribution in [0.1, 0.15) is 69.3 Å². The van der Waals surface area contributed by atoms with Crippen LogP contribution in [0.15, 0.2) is 42.7 Å². The Morgan fingerprint density at radius 1 is 1.07 bits per heavy atom. The monoisotopic (exact) mass is 585 g/mol. The lowest BCUT2D eigenvalue weighted by Gasteiger charge is -2.35. The second-order valence-corrected chi connectivity index (χ2v) is 12.2. The number of rotatable bonds is 6. The standard InChI is InChI=1S/C32H39N7O4/c1-20-28-24-16-26(23-8-6-7-9-27(23)42-19-41-5)36-37-29(24)35-25(28)12-15-39(20)30-33-17-22(18-34-30)21-10-13-38(14-11-21)31(40)43-32(2,3)4/h6-9,16-18,20-21H,10-15,19H2,1-5H3,(H,35,37)/t20-/m1/s1. The zero-order chi connectivity index (χ0) is 30.1. The molecule has 2 aliphatic heterocycles. The van der Waals surface area contributed by atoms with E-state index in [0.717, 1.165) is 53.7 Å². The summed E-state index contributed by atoms with van der Waals surface area (Å²) in [7, 11) is 1.60. The van der Waals surface area contributed by atoms with E-state index in [1.165, 1.54) is 11.3 Å². The molecule has 11 nitrogen and oxygen atoms in total. The summed E-state index contributed by atoms with van der Waals surface area (Å²) in [5, 5.41) is 10.1. The second kappa shape index (κ2) is 11.8. The minimum atomic E-state index is -0.489. The maximum Gasteiger partial charge on any atom is 0.410 e. The summed E-state index contributed by atoms with van der Waals surface area (Å²) in [6, 6.07) is 9.90. The van der Waals surface area contributed by atoms with E-state index in [0.29, 0.717) is 30.7 Å². The molecule has 5 heterocycles. The van der Waals surface area contributed by atoms with Crippen LogP contribution in [0.2, 0.25) is 0 Å². The summed E-state index contributed by atoms with van der Waals surface area (Å²) in [5.41, 5.74) is 5.35. The number of aromatic nitrogens is 5. The van der Waals surface area contributed by atoms with Gasteiger partial charge in [-0.05, 0) is 70.2 Å². The van der Waals surface area contributed by atoms with E-state index < -0.39 is 5.60 Å². The summed E-state index contributed by atoms with van der Waals surface area (Å²) in [6.07, 6.45) is 6.22. The highest BCUT2D eigenvalue weighted by molar-refractivity contribution is 5.86. The number of carbonyl (C=O) groups is 1. The molecule has 3 aromatic heterocycles. The van der Waals surface area contributed by atoms with Gasteiger partial charge in [0.05, 0.1) is 11.7 Å². The third kappa shape index (κ3) is 5.99. The van der Waals surface area contributed by atoms with Crippen LogP contribution in [0.5, 0.6) is 5.75 Å². The molecule has 1 N–H and O–H groups in total. The third-order valence-electron chi connectivity index (χ3n) is 8.19. The summed E-state index contributed by atoms with van der Waals surface area (Å²) in [5.74, 6) is 1.73. The van der Waals surface area contributed by atoms with Gasteiger partial charge in [0.25, 0.3) is 0 Å². The van der Waals surface area contributed by atoms with Crippen molar-refractivity contribution in [3.63, 3.8) is 0 Å². The normalized spacial score (nSPS) is 17.7. The van der Waals surface area contributed by atoms with Crippen LogP contribution in [0.3, 0.4) is 0 Å². The third-order valence-corrected chi connectivity index (χ3v) is 8.19. The van der Waals surface area contributed by atoms with Crippen LogP contribution in [0, 0.1) is 0 Å². The molecular weight excluding hydrogens is 546 g/mol. The quantitative estimate of drug-likeness (QED) is 0.287. The number of benzene rings is 1. The van der Waals surface area contributed by atoms with Gasteiger partial charge in [-0.3, -0.25) is 0 Å². The Bertz CT molecular complexity index is 1590. The fourth-order valence-electron chi connectivity index (χ4n) is 6.06. The molecule has 4 aromatic rings. The molecule has 1 amide bonds. The Labute approximate surface area is 251 Å². The number of piperidine rings is 1. The number of nitrogens with one attached hydrogen (secondary N) is 1. The van der Waals surface area contributed by atoms with Gasteiger partial charge >= 0.3 is 6.09 Å². The Morgan fingerprint density at radius 3 is 2.53 bits per heavy atom. The first kappa shape index (κ1) is 28.9. The number of hydrogen-bond acceptors (Lipinski definition) is 9. The lowest BCUT2D eigenvalue weighted by atomic mass is 9.91. The molecule has 43 heavy (non-hydrogen) atoms. The minimum absolute atomic E-state index is 0.0393. The van der Waals surface area contributed by atoms with Gasteiger partial charge in [0.2, 0.25) is 5.95 Å². The van der Waals surface area contributed by atoms with Crippen molar-refractivity contribution in [1.29, 1.82) is 0 Å². The average molecular weight is 586 g/mol. The highest BCUT2D eigenvalue weighted by Crippen LogP contribution is 2.38. The van der Waals surface area contributed by atoms with Gasteiger partial charge in [0.1, 0.15) is 11.4 Å². The molecule has 1 aromatic carbocycles. The number of hydrogen-bond donors (Lipinski definition) is 1. The number of likely N-dealkylation sites (tertiary alicyclic amines) is 1. The van der Waals surface area contributed by atoms with Crippen molar-refractivity contribution in [2.24, 2.45) is 0 Å². The van der Waals surface area contributed by atoms with E-state index in [1.54, 1.807) is 12.0 Å². The fraction of sp³-hybridized carbons (Fsp3) is 0.469. The van der Waals surface area contributed by atoms with Crippen molar-refractivity contribution in [2.45, 2.75) is 64.5 Å². The van der Waals surface area contributed by atoms with E-state index >= 15 is 0 Å². The smallest absolute Gasteiger partial charge is 0.410 e. The largest absolute Gasteiger partial charge is 0.467 e. The number of amides is 1. The number of H-pyrrole nitrogens is 1. The first-order chi connectivity index (χ1) is 20.7. The van der Waals surface area contributed by atoms with E-state index in [-0.39, 0.29) is 18.9 Å². The van der Waals surface area contributed by atoms with Crippen LogP contribution in [-0.4, -0.2) is 75.3 Å². The van der Waals surface area contributed by atoms with Crippen molar-refractivity contribution in [3.05, 3.63) is 59.5 Å². The van der Waals surface area contributed by atoms with E-state index in [9.17, 15) is 4.79 Å². The maximum absolute atomic E-state index is 12.5. The predicted molar refractivity (Wildman–Crippen MR) is 163 cm³/mol. The molecule has 1 fully saturated rings. The molecule has 1 saturated heterocycles. The second-order valence-electron chi connectivity index (χ2n) is 12.2. The Morgan fingerprint density at radius 2 is 1.81 bits per heavy atom. The average Bonchev–Trinajstić information content (AvgIpc) is 3.38. The van der Waals surface area contributed by atoms with Crippen molar-refractivity contribution in [2.75, 3.05) is 38.4 Å². The minimum Gasteiger partial charge on any atom is -0.467 e. The van der Waals surface area contributed by atoms with Crippen LogP contribution in [0.25, 0.3) is 22.3 Å². The maximum atomic E-state index is 12.5. The lowest BCUT2D eigenvalue weighted by molar-refractivity contribution is 0.0204. The molecule has 0 radical (unpaired) electrons. The molecular formula is C32H39N7O4. The molecule has 0 spiro atoms. The molecule has 0 bridgehead atoms. The van der Waals surface area contributed by atoms with Gasteiger partial charge < -0.3 is 29.0 Å². The fourth-order valence-corrected chi connectivity index (χ4v) is 6.06. The van der Waals surface area contributed by atoms with E-state index in [2.05, 4.69) is 33.1 Å². The SMILES string of the molecule is COCOc1ccccc1-c1cc2c3c([nH]c2nn1)CCN(c1ncc(C2CCN(C(=O)OC(C)(C)C)CC2)cn1)[C@@H]3C. The number of carbonyl (C=O) groups excluding carboxylic acids is 1. The first-order valence-corrected chi connectivity index (χ1v) is 14.9. The number of para-hydroxylation sites is 1. The number of aromatic amines is 1. The number of ether oxygens (including phenoxy) is 3. The van der Waals surface area contributed by atoms with Crippen LogP contribution < -0.4 is 9.64 Å². The van der Waals surface area contributed by atoms with E-state index in [1.807, 2.05) is 57.4 Å². The van der Waals surface area contributed by atoms with Crippen molar-refractivity contribution >= 4 is 23.1 Å². The topological polar surface area (TPSA) is 119 Å². The van der Waals surface area contributed by atoms with Gasteiger partial charge in [0, 0.05) is 67.8 Å². The molecule has 0 aliphatic carbocycles. The Kier molecular flexibility index (Phi) is 7.91. The predicted octanol–water partition coefficient (Wildman–Crippen LogP) is 5.64. The highest BCUT2D eigenvalue weighted by Gasteiger charge is 2.31. The van der Waals surface area contributed by atoms with Crippen LogP contribution in [0.4, 0.5) is 10.7 Å². The van der Waals surface area contributed by atoms with Gasteiger partial charge in [-0.2, -0.15) is 0 Å². The van der Waals surface area contributed by atoms with Crippen LogP contribution >= 0.6 is 0 Å². The molecule has 1 atom stereocenters. The van der Waals surface area contributed by atoms with Gasteiger partial charge in [-0.15, -0.1) is 10.2 Å². The van der Waals surface area contributed by atoms with E-state index in [4.69, 9.17) is 24.2 Å². The number of fused-ring (bicyclic) bond motifs is 3. The van der Waals surface area contributed by atoms with Crippen molar-refractivity contribution < 1.29 is 19.0 Å². The summed E-state index contributed by atoms with van der Waals surface area (Å²) in [6.45, 7) is 10.2. The van der Waals surface area contributed by atoms with Gasteiger partial charge in [-0.1, -0.05) is 12.1 Å². The number of anilines is 1. The molecule has 6 rings (SSSR count). The molecule has 11 heteroatoms.